The van der Waals surface area contributed by atoms with Gasteiger partial charge in [-0.3, -0.25) is 32.8 Å². The summed E-state index contributed by atoms with van der Waals surface area (Å²) in [5.74, 6) is 0.721. The maximum Gasteiger partial charge on any atom is 0.509 e. The molecule has 10 aromatic rings. The van der Waals surface area contributed by atoms with Crippen molar-refractivity contribution in [2.45, 2.75) is 155 Å². The Kier molecular flexibility index (Phi) is 18.0. The van der Waals surface area contributed by atoms with E-state index in [9.17, 15) is 59.1 Å². The number of aliphatic hydroxyl groups excluding tert-OH is 5. The number of rotatable bonds is 10. The van der Waals surface area contributed by atoms with E-state index in [0.717, 1.165) is 0 Å². The van der Waals surface area contributed by atoms with Crippen LogP contribution in [0, 0.1) is 0 Å². The molecule has 10 fully saturated rings. The number of fused-ring (bicyclic) bond motifs is 10. The summed E-state index contributed by atoms with van der Waals surface area (Å²) >= 11 is 3.34. The molecule has 0 spiro atoms. The zero-order valence-corrected chi connectivity index (χ0v) is 60.0. The Morgan fingerprint density at radius 1 is 0.411 bits per heavy atom. The number of nitrogens with one attached hydrogen (secondary N) is 2. The van der Waals surface area contributed by atoms with Gasteiger partial charge in [-0.05, 0) is 56.6 Å². The Morgan fingerprint density at radius 2 is 0.768 bits per heavy atom. The van der Waals surface area contributed by atoms with Crippen LogP contribution in [-0.4, -0.2) is 271 Å². The maximum atomic E-state index is 11.9. The number of ether oxygens (including phenoxy) is 15. The Labute approximate surface area is 629 Å². The second kappa shape index (κ2) is 27.2. The van der Waals surface area contributed by atoms with Crippen LogP contribution in [0.1, 0.15) is 65.8 Å². The summed E-state index contributed by atoms with van der Waals surface area (Å²) in [4.78, 5) is 135. The fourth-order valence-corrected chi connectivity index (χ4v) is 15.8. The number of carbonyl (C=O) groups excluding carboxylic acids is 5. The van der Waals surface area contributed by atoms with Crippen molar-refractivity contribution in [3.05, 3.63) is 82.0 Å². The molecule has 10 aromatic heterocycles. The van der Waals surface area contributed by atoms with Crippen LogP contribution in [0.25, 0.3) is 55.7 Å². The van der Waals surface area contributed by atoms with Crippen LogP contribution in [0.15, 0.2) is 70.9 Å². The number of aliphatic hydroxyl groups is 5. The fraction of sp³-hybridized carbons (Fsp3) is 0.492. The summed E-state index contributed by atoms with van der Waals surface area (Å²) in [6.07, 6.45) is -4.12. The molecule has 20 heterocycles. The third-order valence-electron chi connectivity index (χ3n) is 20.5. The number of halogens is 1. The number of hydrogen-bond donors (Lipinski definition) is 11. The highest BCUT2D eigenvalue weighted by Crippen LogP contribution is 2.53. The first-order chi connectivity index (χ1) is 53.5. The predicted molar refractivity (Wildman–Crippen MR) is 364 cm³/mol. The molecule has 0 radical (unpaired) electrons. The van der Waals surface area contributed by atoms with Crippen LogP contribution in [0.5, 0.6) is 0 Å². The van der Waals surface area contributed by atoms with E-state index in [2.05, 4.69) is 85.7 Å². The van der Waals surface area contributed by atoms with Crippen LogP contribution in [-0.2, 0) is 71.1 Å². The van der Waals surface area contributed by atoms with E-state index in [0.29, 0.717) is 43.9 Å². The molecule has 20 atom stereocenters. The van der Waals surface area contributed by atoms with E-state index in [1.165, 1.54) is 53.4 Å². The smallest absolute Gasteiger partial charge is 0.424 e. The number of aromatic nitrogens is 19. The minimum absolute atomic E-state index is 0.0700. The number of imidazole rings is 4. The lowest BCUT2D eigenvalue weighted by molar-refractivity contribution is -0.0917. The lowest BCUT2D eigenvalue weighted by atomic mass is 9.96. The monoisotopic (exact) mass is 1630 g/mol. The van der Waals surface area contributed by atoms with Gasteiger partial charge < -0.3 is 129 Å². The van der Waals surface area contributed by atoms with Gasteiger partial charge in [-0.1, -0.05) is 0 Å². The van der Waals surface area contributed by atoms with Crippen molar-refractivity contribution < 1.29 is 121 Å². The quantitative estimate of drug-likeness (QED) is 0.0414. The molecular formula is C61H64BrN23O27. The van der Waals surface area contributed by atoms with E-state index in [4.69, 9.17) is 94.0 Å². The molecule has 0 bridgehead atoms. The summed E-state index contributed by atoms with van der Waals surface area (Å²) < 4.78 is 89.2. The van der Waals surface area contributed by atoms with E-state index >= 15 is 0 Å². The molecule has 0 aromatic carbocycles. The highest BCUT2D eigenvalue weighted by molar-refractivity contribution is 9.10. The van der Waals surface area contributed by atoms with Crippen LogP contribution < -0.4 is 34.1 Å². The topological polar surface area (TPSA) is 674 Å². The number of H-pyrrole nitrogens is 2. The highest BCUT2D eigenvalue weighted by Gasteiger charge is 2.69. The van der Waals surface area contributed by atoms with Crippen LogP contribution in [0.3, 0.4) is 0 Å². The number of hydrogen-bond acceptors (Lipinski definition) is 43. The van der Waals surface area contributed by atoms with Gasteiger partial charge in [0.1, 0.15) is 66.5 Å². The van der Waals surface area contributed by atoms with Gasteiger partial charge in [0, 0.05) is 6.20 Å². The van der Waals surface area contributed by atoms with Gasteiger partial charge in [0.05, 0.1) is 63.7 Å². The lowest BCUT2D eigenvalue weighted by Crippen LogP contribution is -2.42. The minimum Gasteiger partial charge on any atom is -0.424 e. The zero-order chi connectivity index (χ0) is 79.2. The van der Waals surface area contributed by atoms with E-state index in [1.54, 1.807) is 60.6 Å². The standard InChI is InChI=1S/C13H14N4O5.C12H12BrN5O5.C12H13N5O6.C12H13N5O5.C12H12N4O6/c1-13-8(21-12(19)22-13)7(4-18)20-11(13)17-3-2-6-9(14)15-5-16-10(6)17;1-12-6(22-11(20)23-12)4(2-19)21-9(12)18-8-5(17-10(18)13)7(14)15-3-16-8;1-12-6(22-11(20)23-12)4(2-18)21-9(12)17-3-14-5-7(17)15-10(13)16-8(5)19;1-12-7(21-11(19)22-12)5(2-18)20-10(12)17-4-16-6-8(13)14-3-15-9(6)17;1-12-7(21-11(19)22-12)5(2-17)20-10(12)16-4-15-6-8(16)13-3-14-9(6)18/h2-3,5,7-8,11,18H,4H2,1H3,(H2,14,15,16);3-4,6,9,19H,2H2,1H3,(H2,14,15,16);3-4,6,9,18H,2H2,1H3,(H3,13,15,16,19);3-5,7,10,18H,2H2,1H3,(H2,13,14,15);3-5,7,10,17H,2H2,1H3,(H,13,14,18)/t7-,8-,11-,13-;2*4-,6-,9-,12-;2*5-,7-,10-,12-/m11111/s1. The average Bonchev–Trinajstić information content (AvgIpc) is 1.55. The van der Waals surface area contributed by atoms with Crippen molar-refractivity contribution in [3.8, 4) is 0 Å². The molecule has 20 rings (SSSR count). The first-order valence-electron chi connectivity index (χ1n) is 33.6. The summed E-state index contributed by atoms with van der Waals surface area (Å²) in [5, 5.41) is 47.9. The molecule has 51 heteroatoms. The molecule has 50 nitrogen and oxygen atoms in total. The van der Waals surface area contributed by atoms with Gasteiger partial charge in [-0.2, -0.15) is 4.98 Å². The van der Waals surface area contributed by atoms with E-state index < -0.39 is 157 Å². The third-order valence-corrected chi connectivity index (χ3v) is 21.0. The SMILES string of the molecule is C[C@@]12OC(=O)O[C@@H]1[C@@H](CO)O[C@H]2n1c(Br)nc2c(N)ncnc21.C[C@@]12OC(=O)O[C@@H]1[C@@H](CO)O[C@H]2n1ccc2c(N)ncnc21.C[C@@]12OC(=O)O[C@@H]1[C@@H](CO)O[C@H]2n1cnc2c(=O)[nH]c(N)nc21.C[C@@]12OC(=O)O[C@@H]1[C@@H](CO)O[C@H]2n1cnc2c(=O)[nH]cnc21.C[C@@]12OC(=O)O[C@@H]1[C@@H](CO)O[C@H]2n1cnc2c(N)ncnc21. The molecular weight excluding hydrogens is 1570 g/mol. The average molecular weight is 1630 g/mol. The molecule has 15 N–H and O–H groups in total. The van der Waals surface area contributed by atoms with Gasteiger partial charge in [0.2, 0.25) is 5.95 Å². The Hall–Kier alpha value is -12.0. The van der Waals surface area contributed by atoms with Crippen LogP contribution in [0.4, 0.5) is 47.4 Å². The molecule has 10 aliphatic heterocycles. The van der Waals surface area contributed by atoms with Gasteiger partial charge in [0.15, 0.2) is 145 Å². The molecule has 0 aliphatic carbocycles. The van der Waals surface area contributed by atoms with Crippen LogP contribution >= 0.6 is 15.9 Å². The first-order valence-corrected chi connectivity index (χ1v) is 34.4. The number of nitrogens with two attached hydrogens (primary N) is 4. The van der Waals surface area contributed by atoms with Crippen molar-refractivity contribution in [2.75, 3.05) is 56.0 Å². The number of anilines is 4. The fourth-order valence-electron chi connectivity index (χ4n) is 15.3. The van der Waals surface area contributed by atoms with E-state index in [-0.39, 0.29) is 78.5 Å². The molecule has 0 amide bonds. The minimum atomic E-state index is -1.20. The largest absolute Gasteiger partial charge is 0.509 e. The molecule has 10 saturated heterocycles. The third kappa shape index (κ3) is 11.5. The van der Waals surface area contributed by atoms with Crippen LogP contribution in [0.2, 0.25) is 0 Å². The summed E-state index contributed by atoms with van der Waals surface area (Å²) in [6, 6.07) is 1.76. The lowest BCUT2D eigenvalue weighted by Gasteiger charge is -2.26. The summed E-state index contributed by atoms with van der Waals surface area (Å²) in [7, 11) is 0. The highest BCUT2D eigenvalue weighted by atomic mass is 79.9. The van der Waals surface area contributed by atoms with Crippen molar-refractivity contribution in [3.63, 3.8) is 0 Å². The number of aromatic amines is 2. The zero-order valence-electron chi connectivity index (χ0n) is 58.4. The van der Waals surface area contributed by atoms with Gasteiger partial charge >= 0.3 is 30.8 Å². The second-order valence-corrected chi connectivity index (χ2v) is 27.9. The first kappa shape index (κ1) is 74.2. The Bertz CT molecular complexity index is 5440. The van der Waals surface area contributed by atoms with Gasteiger partial charge in [-0.15, -0.1) is 0 Å². The predicted octanol–water partition coefficient (Wildman–Crippen LogP) is -1.67. The molecule has 0 unspecified atom stereocenters. The summed E-state index contributed by atoms with van der Waals surface area (Å²) in [6.45, 7) is 6.69. The molecule has 10 aliphatic rings. The summed E-state index contributed by atoms with van der Waals surface area (Å²) in [5.41, 5.74) is 19.3. The van der Waals surface area contributed by atoms with Gasteiger partial charge in [-0.25, -0.2) is 78.8 Å². The van der Waals surface area contributed by atoms with Crippen molar-refractivity contribution in [1.29, 1.82) is 0 Å². The van der Waals surface area contributed by atoms with E-state index in [1.807, 2.05) is 0 Å². The van der Waals surface area contributed by atoms with Crippen molar-refractivity contribution in [2.24, 2.45) is 0 Å². The molecule has 592 valence electrons. The second-order valence-electron chi connectivity index (χ2n) is 27.2. The Morgan fingerprint density at radius 3 is 1.21 bits per heavy atom. The number of carbonyl (C=O) groups is 5. The number of nitrogen functional groups attached to an aromatic ring is 4. The van der Waals surface area contributed by atoms with Gasteiger partial charge in [0.25, 0.3) is 11.1 Å². The maximum absolute atomic E-state index is 11.9. The van der Waals surface area contributed by atoms with Crippen molar-refractivity contribution in [1.82, 2.24) is 92.6 Å². The van der Waals surface area contributed by atoms with Crippen molar-refractivity contribution >= 4 is 126 Å². The molecule has 112 heavy (non-hydrogen) atoms. The molecule has 0 saturated carbocycles. The number of nitrogens with zero attached hydrogens (tertiary/aromatic N) is 17. The Balaban J connectivity index is 0.000000106. The normalized spacial score (nSPS) is 33.3.